The Kier molecular flexibility index (Phi) is 4.93. The van der Waals surface area contributed by atoms with E-state index in [9.17, 15) is 5.11 Å². The third-order valence-corrected chi connectivity index (χ3v) is 4.39. The summed E-state index contributed by atoms with van der Waals surface area (Å²) in [6.45, 7) is 0.955. The van der Waals surface area contributed by atoms with Gasteiger partial charge in [-0.15, -0.1) is 0 Å². The van der Waals surface area contributed by atoms with E-state index in [1.165, 1.54) is 0 Å². The van der Waals surface area contributed by atoms with Gasteiger partial charge in [0, 0.05) is 10.8 Å². The van der Waals surface area contributed by atoms with E-state index >= 15 is 0 Å². The Morgan fingerprint density at radius 1 is 0.556 bits per heavy atom. The summed E-state index contributed by atoms with van der Waals surface area (Å²) in [5.74, 6) is 1.69. The molecule has 0 bridgehead atoms. The normalized spacial score (nSPS) is 10.7. The zero-order valence-corrected chi connectivity index (χ0v) is 14.8. The summed E-state index contributed by atoms with van der Waals surface area (Å²) in [7, 11) is 0. The lowest BCUT2D eigenvalue weighted by Gasteiger charge is -2.14. The first kappa shape index (κ1) is 17.0. The van der Waals surface area contributed by atoms with E-state index < -0.39 is 0 Å². The number of hydrogen-bond donors (Lipinski definition) is 1. The summed E-state index contributed by atoms with van der Waals surface area (Å²) < 4.78 is 12.0. The third kappa shape index (κ3) is 4.04. The van der Waals surface area contributed by atoms with Gasteiger partial charge in [-0.3, -0.25) is 0 Å². The highest BCUT2D eigenvalue weighted by molar-refractivity contribution is 5.94. The van der Waals surface area contributed by atoms with Crippen LogP contribution in [0, 0.1) is 0 Å². The molecule has 4 rings (SSSR count). The molecule has 27 heavy (non-hydrogen) atoms. The summed E-state index contributed by atoms with van der Waals surface area (Å²) in [5, 5.41) is 11.7. The van der Waals surface area contributed by atoms with Crippen LogP contribution in [-0.2, 0) is 13.2 Å². The predicted molar refractivity (Wildman–Crippen MR) is 107 cm³/mol. The second kappa shape index (κ2) is 7.83. The Labute approximate surface area is 158 Å². The van der Waals surface area contributed by atoms with Crippen LogP contribution in [-0.4, -0.2) is 5.11 Å². The predicted octanol–water partition coefficient (Wildman–Crippen LogP) is 5.70. The first-order valence-electron chi connectivity index (χ1n) is 8.89. The van der Waals surface area contributed by atoms with Gasteiger partial charge >= 0.3 is 0 Å². The van der Waals surface area contributed by atoms with Gasteiger partial charge in [0.25, 0.3) is 0 Å². The molecule has 0 spiro atoms. The molecule has 3 heteroatoms. The van der Waals surface area contributed by atoms with Crippen molar-refractivity contribution in [3.8, 4) is 17.2 Å². The van der Waals surface area contributed by atoms with Crippen molar-refractivity contribution in [2.75, 3.05) is 0 Å². The summed E-state index contributed by atoms with van der Waals surface area (Å²) in [5.41, 5.74) is 2.20. The molecular formula is C24H20O3. The van der Waals surface area contributed by atoms with Crippen molar-refractivity contribution >= 4 is 10.8 Å². The van der Waals surface area contributed by atoms with Crippen LogP contribution >= 0.6 is 0 Å². The first-order valence-corrected chi connectivity index (χ1v) is 8.89. The van der Waals surface area contributed by atoms with Gasteiger partial charge in [-0.2, -0.15) is 0 Å². The Bertz CT molecular complexity index is 1030. The molecule has 1 N–H and O–H groups in total. The molecule has 4 aromatic rings. The minimum absolute atomic E-state index is 0.201. The molecule has 0 aliphatic rings. The number of phenols is 1. The Hall–Kier alpha value is -3.46. The Balaban J connectivity index is 1.60. The first-order chi connectivity index (χ1) is 13.3. The highest BCUT2D eigenvalue weighted by Crippen LogP contribution is 2.36. The molecule has 0 saturated carbocycles. The number of aromatic hydroxyl groups is 1. The smallest absolute Gasteiger partial charge is 0.128 e. The molecule has 0 saturated heterocycles. The number of ether oxygens (including phenoxy) is 2. The zero-order valence-electron chi connectivity index (χ0n) is 14.8. The van der Waals surface area contributed by atoms with Gasteiger partial charge in [0.05, 0.1) is 0 Å². The van der Waals surface area contributed by atoms with Crippen LogP contribution in [0.2, 0.25) is 0 Å². The van der Waals surface area contributed by atoms with E-state index in [2.05, 4.69) is 0 Å². The molecule has 134 valence electrons. The quantitative estimate of drug-likeness (QED) is 0.481. The van der Waals surface area contributed by atoms with Gasteiger partial charge in [-0.25, -0.2) is 0 Å². The summed E-state index contributed by atoms with van der Waals surface area (Å²) >= 11 is 0. The molecule has 0 aromatic heterocycles. The van der Waals surface area contributed by atoms with E-state index in [0.717, 1.165) is 33.4 Å². The van der Waals surface area contributed by atoms with Crippen molar-refractivity contribution < 1.29 is 14.6 Å². The van der Waals surface area contributed by atoms with E-state index in [4.69, 9.17) is 9.47 Å². The van der Waals surface area contributed by atoms with E-state index in [1.54, 1.807) is 12.1 Å². The standard InChI is InChI=1S/C24H20O3/c25-20-11-12-21-22(15-20)24(27-17-19-9-5-2-6-10-19)14-13-23(21)26-16-18-7-3-1-4-8-18/h1-15,25H,16-17H2. The molecule has 0 radical (unpaired) electrons. The molecule has 0 atom stereocenters. The maximum Gasteiger partial charge on any atom is 0.128 e. The highest BCUT2D eigenvalue weighted by atomic mass is 16.5. The van der Waals surface area contributed by atoms with Crippen LogP contribution < -0.4 is 9.47 Å². The van der Waals surface area contributed by atoms with Crippen LogP contribution in [0.1, 0.15) is 11.1 Å². The van der Waals surface area contributed by atoms with Crippen LogP contribution in [0.4, 0.5) is 0 Å². The molecule has 0 aliphatic carbocycles. The topological polar surface area (TPSA) is 38.7 Å². The van der Waals surface area contributed by atoms with Gasteiger partial charge in [0.2, 0.25) is 0 Å². The summed E-state index contributed by atoms with van der Waals surface area (Å²) in [6, 6.07) is 29.1. The van der Waals surface area contributed by atoms with Gasteiger partial charge in [0.1, 0.15) is 30.5 Å². The van der Waals surface area contributed by atoms with E-state index in [-0.39, 0.29) is 5.75 Å². The third-order valence-electron chi connectivity index (χ3n) is 4.39. The number of benzene rings is 4. The Morgan fingerprint density at radius 3 is 1.63 bits per heavy atom. The molecular weight excluding hydrogens is 336 g/mol. The fraction of sp³-hybridized carbons (Fsp3) is 0.0833. The lowest BCUT2D eigenvalue weighted by Crippen LogP contribution is -1.98. The average Bonchev–Trinajstić information content (AvgIpc) is 2.72. The number of hydrogen-bond acceptors (Lipinski definition) is 3. The van der Waals surface area contributed by atoms with Crippen molar-refractivity contribution in [1.82, 2.24) is 0 Å². The van der Waals surface area contributed by atoms with Gasteiger partial charge in [-0.1, -0.05) is 60.7 Å². The summed E-state index contributed by atoms with van der Waals surface area (Å²) in [6.07, 6.45) is 0. The average molecular weight is 356 g/mol. The van der Waals surface area contributed by atoms with E-state index in [0.29, 0.717) is 13.2 Å². The maximum atomic E-state index is 9.94. The number of rotatable bonds is 6. The lowest BCUT2D eigenvalue weighted by molar-refractivity contribution is 0.303. The SMILES string of the molecule is Oc1ccc2c(OCc3ccccc3)ccc(OCc3ccccc3)c2c1. The van der Waals surface area contributed by atoms with E-state index in [1.807, 2.05) is 78.9 Å². The minimum Gasteiger partial charge on any atom is -0.508 e. The number of phenolic OH excluding ortho intramolecular Hbond substituents is 1. The number of fused-ring (bicyclic) bond motifs is 1. The van der Waals surface area contributed by atoms with Crippen LogP contribution in [0.15, 0.2) is 91.0 Å². The maximum absolute atomic E-state index is 9.94. The van der Waals surface area contributed by atoms with Gasteiger partial charge in [-0.05, 0) is 41.5 Å². The van der Waals surface area contributed by atoms with Crippen LogP contribution in [0.3, 0.4) is 0 Å². The summed E-state index contributed by atoms with van der Waals surface area (Å²) in [4.78, 5) is 0. The largest absolute Gasteiger partial charge is 0.508 e. The molecule has 0 unspecified atom stereocenters. The molecule has 0 aliphatic heterocycles. The molecule has 0 heterocycles. The van der Waals surface area contributed by atoms with Crippen LogP contribution in [0.5, 0.6) is 17.2 Å². The van der Waals surface area contributed by atoms with Crippen molar-refractivity contribution in [3.05, 3.63) is 102 Å². The van der Waals surface area contributed by atoms with Gasteiger partial charge in [0.15, 0.2) is 0 Å². The second-order valence-corrected chi connectivity index (χ2v) is 6.34. The second-order valence-electron chi connectivity index (χ2n) is 6.34. The van der Waals surface area contributed by atoms with Gasteiger partial charge < -0.3 is 14.6 Å². The van der Waals surface area contributed by atoms with Crippen molar-refractivity contribution in [2.24, 2.45) is 0 Å². The molecule has 0 fully saturated rings. The van der Waals surface area contributed by atoms with Crippen molar-refractivity contribution in [2.45, 2.75) is 13.2 Å². The van der Waals surface area contributed by atoms with Crippen molar-refractivity contribution in [3.63, 3.8) is 0 Å². The monoisotopic (exact) mass is 356 g/mol. The minimum atomic E-state index is 0.201. The van der Waals surface area contributed by atoms with Crippen LogP contribution in [0.25, 0.3) is 10.8 Å². The fourth-order valence-electron chi connectivity index (χ4n) is 3.00. The molecule has 0 amide bonds. The highest BCUT2D eigenvalue weighted by Gasteiger charge is 2.10. The fourth-order valence-corrected chi connectivity index (χ4v) is 3.00. The Morgan fingerprint density at radius 2 is 1.07 bits per heavy atom. The lowest BCUT2D eigenvalue weighted by atomic mass is 10.1. The van der Waals surface area contributed by atoms with Crippen molar-refractivity contribution in [1.29, 1.82) is 0 Å². The molecule has 3 nitrogen and oxygen atoms in total. The molecule has 4 aromatic carbocycles. The zero-order chi connectivity index (χ0) is 18.5.